The summed E-state index contributed by atoms with van der Waals surface area (Å²) in [5.41, 5.74) is 6.97. The lowest BCUT2D eigenvalue weighted by atomic mass is 9.89. The van der Waals surface area contributed by atoms with Crippen molar-refractivity contribution < 1.29 is 23.8 Å². The summed E-state index contributed by atoms with van der Waals surface area (Å²) in [6.07, 6.45) is 5.08. The van der Waals surface area contributed by atoms with Gasteiger partial charge in [-0.2, -0.15) is 0 Å². The number of aryl methyl sites for hydroxylation is 3. The maximum atomic E-state index is 13.3. The first-order chi connectivity index (χ1) is 20.3. The standard InChI is InChI=1S/C35H34N2O5/c1-22-6-10-29(37-13-12-36-21-37)19-32(22)34(33-23(2)14-28(15-24(33)3)35(39)41-5)42-20-30(38)17-25-7-8-27-18-31(40-4)11-9-26(27)16-25/h6-16,18-19,21,34H,17,20H2,1-5H3. The summed E-state index contributed by atoms with van der Waals surface area (Å²) < 4.78 is 18.7. The van der Waals surface area contributed by atoms with Crippen LogP contribution in [-0.4, -0.2) is 42.1 Å². The zero-order valence-electron chi connectivity index (χ0n) is 24.5. The fourth-order valence-electron chi connectivity index (χ4n) is 5.40. The van der Waals surface area contributed by atoms with Gasteiger partial charge in [0.25, 0.3) is 0 Å². The van der Waals surface area contributed by atoms with Crippen LogP contribution in [0.15, 0.2) is 85.5 Å². The van der Waals surface area contributed by atoms with E-state index in [0.29, 0.717) is 5.56 Å². The monoisotopic (exact) mass is 562 g/mol. The molecule has 0 saturated heterocycles. The molecular formula is C35H34N2O5. The first-order valence-corrected chi connectivity index (χ1v) is 13.8. The van der Waals surface area contributed by atoms with Gasteiger partial charge in [-0.15, -0.1) is 0 Å². The van der Waals surface area contributed by atoms with Crippen molar-refractivity contribution in [2.45, 2.75) is 33.3 Å². The van der Waals surface area contributed by atoms with E-state index < -0.39 is 12.1 Å². The van der Waals surface area contributed by atoms with Gasteiger partial charge in [-0.25, -0.2) is 9.78 Å². The number of Topliss-reactive ketones (excluding diaryl/α,β-unsaturated/α-hetero) is 1. The Labute approximate surface area is 245 Å². The summed E-state index contributed by atoms with van der Waals surface area (Å²) in [6, 6.07) is 21.6. The molecule has 214 valence electrons. The molecule has 1 atom stereocenters. The molecule has 42 heavy (non-hydrogen) atoms. The summed E-state index contributed by atoms with van der Waals surface area (Å²) in [7, 11) is 3.02. The highest BCUT2D eigenvalue weighted by atomic mass is 16.5. The van der Waals surface area contributed by atoms with E-state index in [9.17, 15) is 9.59 Å². The van der Waals surface area contributed by atoms with Crippen LogP contribution in [0.2, 0.25) is 0 Å². The molecule has 0 radical (unpaired) electrons. The number of fused-ring (bicyclic) bond motifs is 1. The van der Waals surface area contributed by atoms with Crippen LogP contribution in [0.5, 0.6) is 5.75 Å². The van der Waals surface area contributed by atoms with Gasteiger partial charge in [0, 0.05) is 24.5 Å². The predicted octanol–water partition coefficient (Wildman–Crippen LogP) is 6.66. The number of nitrogens with zero attached hydrogens (tertiary/aromatic N) is 2. The van der Waals surface area contributed by atoms with Crippen molar-refractivity contribution in [1.29, 1.82) is 0 Å². The number of hydrogen-bond donors (Lipinski definition) is 0. The summed E-state index contributed by atoms with van der Waals surface area (Å²) in [5.74, 6) is 0.369. The molecule has 1 heterocycles. The third-order valence-electron chi connectivity index (χ3n) is 7.55. The highest BCUT2D eigenvalue weighted by molar-refractivity contribution is 5.90. The number of methoxy groups -OCH3 is 2. The van der Waals surface area contributed by atoms with E-state index in [2.05, 4.69) is 11.1 Å². The SMILES string of the molecule is COC(=O)c1cc(C)c(C(OCC(=O)Cc2ccc3cc(OC)ccc3c2)c2cc(-n3ccnc3)ccc2C)c(C)c1. The van der Waals surface area contributed by atoms with Gasteiger partial charge < -0.3 is 18.8 Å². The Morgan fingerprint density at radius 3 is 2.29 bits per heavy atom. The first-order valence-electron chi connectivity index (χ1n) is 13.8. The molecule has 0 aliphatic rings. The Kier molecular flexibility index (Phi) is 8.50. The average Bonchev–Trinajstić information content (AvgIpc) is 3.53. The number of carbonyl (C=O) groups is 2. The minimum Gasteiger partial charge on any atom is -0.497 e. The minimum atomic E-state index is -0.534. The largest absolute Gasteiger partial charge is 0.497 e. The smallest absolute Gasteiger partial charge is 0.337 e. The number of imidazole rings is 1. The molecule has 0 fully saturated rings. The number of carbonyl (C=O) groups excluding carboxylic acids is 2. The van der Waals surface area contributed by atoms with Gasteiger partial charge in [0.1, 0.15) is 18.5 Å². The molecule has 0 saturated carbocycles. The Morgan fingerprint density at radius 1 is 0.857 bits per heavy atom. The molecule has 1 aromatic heterocycles. The number of benzene rings is 4. The number of ketones is 1. The third kappa shape index (κ3) is 6.11. The molecule has 1 unspecified atom stereocenters. The molecule has 0 bridgehead atoms. The van der Waals surface area contributed by atoms with Gasteiger partial charge >= 0.3 is 5.97 Å². The number of rotatable bonds is 10. The molecule has 7 nitrogen and oxygen atoms in total. The van der Waals surface area contributed by atoms with Gasteiger partial charge in [0.2, 0.25) is 0 Å². The van der Waals surface area contributed by atoms with Crippen LogP contribution in [0.25, 0.3) is 16.5 Å². The van der Waals surface area contributed by atoms with Gasteiger partial charge in [-0.1, -0.05) is 30.3 Å². The van der Waals surface area contributed by atoms with E-state index >= 15 is 0 Å². The molecular weight excluding hydrogens is 528 g/mol. The second kappa shape index (κ2) is 12.4. The molecule has 5 aromatic rings. The van der Waals surface area contributed by atoms with Crippen LogP contribution >= 0.6 is 0 Å². The van der Waals surface area contributed by atoms with E-state index in [1.54, 1.807) is 19.6 Å². The lowest BCUT2D eigenvalue weighted by molar-refractivity contribution is -0.124. The topological polar surface area (TPSA) is 79.6 Å². The Hall–Kier alpha value is -4.75. The van der Waals surface area contributed by atoms with Crippen LogP contribution in [-0.2, 0) is 20.7 Å². The quantitative estimate of drug-likeness (QED) is 0.177. The summed E-state index contributed by atoms with van der Waals surface area (Å²) in [5, 5.41) is 2.10. The molecule has 0 aliphatic heterocycles. The zero-order valence-corrected chi connectivity index (χ0v) is 24.5. The maximum Gasteiger partial charge on any atom is 0.337 e. The lowest BCUT2D eigenvalue weighted by Crippen LogP contribution is -2.18. The number of ether oxygens (including phenoxy) is 3. The summed E-state index contributed by atoms with van der Waals surface area (Å²) in [4.78, 5) is 29.8. The van der Waals surface area contributed by atoms with Gasteiger partial charge in [-0.05, 0) is 101 Å². The predicted molar refractivity (Wildman–Crippen MR) is 163 cm³/mol. The van der Waals surface area contributed by atoms with E-state index in [4.69, 9.17) is 14.2 Å². The van der Waals surface area contributed by atoms with Crippen LogP contribution in [0.1, 0.15) is 49.8 Å². The lowest BCUT2D eigenvalue weighted by Gasteiger charge is -2.25. The van der Waals surface area contributed by atoms with Crippen molar-refractivity contribution in [1.82, 2.24) is 9.55 Å². The summed E-state index contributed by atoms with van der Waals surface area (Å²) >= 11 is 0. The van der Waals surface area contributed by atoms with Crippen molar-refractivity contribution in [3.05, 3.63) is 124 Å². The van der Waals surface area contributed by atoms with E-state index in [0.717, 1.165) is 55.6 Å². The molecule has 0 aliphatic carbocycles. The van der Waals surface area contributed by atoms with Gasteiger partial charge in [-0.3, -0.25) is 4.79 Å². The second-order valence-electron chi connectivity index (χ2n) is 10.5. The number of aromatic nitrogens is 2. The molecule has 0 N–H and O–H groups in total. The molecule has 7 heteroatoms. The number of esters is 1. The fraction of sp³-hybridized carbons (Fsp3) is 0.229. The Morgan fingerprint density at radius 2 is 1.60 bits per heavy atom. The fourth-order valence-corrected chi connectivity index (χ4v) is 5.40. The average molecular weight is 563 g/mol. The van der Waals surface area contributed by atoms with E-state index in [1.165, 1.54) is 7.11 Å². The van der Waals surface area contributed by atoms with Crippen LogP contribution in [0.3, 0.4) is 0 Å². The maximum absolute atomic E-state index is 13.3. The van der Waals surface area contributed by atoms with Crippen molar-refractivity contribution >= 4 is 22.5 Å². The zero-order chi connectivity index (χ0) is 29.8. The highest BCUT2D eigenvalue weighted by Gasteiger charge is 2.24. The molecule has 0 amide bonds. The Balaban J connectivity index is 1.46. The van der Waals surface area contributed by atoms with Crippen molar-refractivity contribution in [3.8, 4) is 11.4 Å². The van der Waals surface area contributed by atoms with Crippen LogP contribution < -0.4 is 4.74 Å². The molecule has 0 spiro atoms. The van der Waals surface area contributed by atoms with Crippen molar-refractivity contribution in [3.63, 3.8) is 0 Å². The van der Waals surface area contributed by atoms with Gasteiger partial charge in [0.15, 0.2) is 5.78 Å². The third-order valence-corrected chi connectivity index (χ3v) is 7.55. The Bertz CT molecular complexity index is 1730. The minimum absolute atomic E-state index is 0.0298. The summed E-state index contributed by atoms with van der Waals surface area (Å²) in [6.45, 7) is 5.86. The number of hydrogen-bond acceptors (Lipinski definition) is 6. The second-order valence-corrected chi connectivity index (χ2v) is 10.5. The first kappa shape index (κ1) is 28.8. The van der Waals surface area contributed by atoms with Crippen LogP contribution in [0, 0.1) is 20.8 Å². The molecule has 5 rings (SSSR count). The highest BCUT2D eigenvalue weighted by Crippen LogP contribution is 2.35. The van der Waals surface area contributed by atoms with Crippen molar-refractivity contribution in [2.24, 2.45) is 0 Å². The van der Waals surface area contributed by atoms with E-state index in [1.807, 2.05) is 92.2 Å². The van der Waals surface area contributed by atoms with Crippen molar-refractivity contribution in [2.75, 3.05) is 20.8 Å². The normalized spacial score (nSPS) is 11.8. The van der Waals surface area contributed by atoms with E-state index in [-0.39, 0.29) is 18.8 Å². The van der Waals surface area contributed by atoms with Gasteiger partial charge in [0.05, 0.1) is 26.1 Å². The van der Waals surface area contributed by atoms with Crippen LogP contribution in [0.4, 0.5) is 0 Å². The molecule has 4 aromatic carbocycles.